The molecule has 1 aromatic heterocycles. The summed E-state index contributed by atoms with van der Waals surface area (Å²) in [5.41, 5.74) is 3.80. The minimum Gasteiger partial charge on any atom is -0.467 e. The Morgan fingerprint density at radius 2 is 2.00 bits per heavy atom. The third-order valence-electron chi connectivity index (χ3n) is 2.83. The van der Waals surface area contributed by atoms with Crippen molar-refractivity contribution in [1.29, 1.82) is 0 Å². The van der Waals surface area contributed by atoms with Crippen molar-refractivity contribution in [2.45, 2.75) is 13.1 Å². The predicted octanol–water partition coefficient (Wildman–Crippen LogP) is 1.52. The molecule has 3 N–H and O–H groups in total. The Labute approximate surface area is 112 Å². The lowest BCUT2D eigenvalue weighted by atomic mass is 10.2. The normalized spacial score (nSPS) is 10.7. The number of hydrogen-bond acceptors (Lipinski definition) is 4. The summed E-state index contributed by atoms with van der Waals surface area (Å²) in [7, 11) is 1.97. The van der Waals surface area contributed by atoms with E-state index in [2.05, 4.69) is 22.5 Å². The molecule has 0 saturated carbocycles. The van der Waals surface area contributed by atoms with Crippen LogP contribution in [0.4, 0.5) is 0 Å². The van der Waals surface area contributed by atoms with Crippen molar-refractivity contribution in [2.75, 3.05) is 7.05 Å². The van der Waals surface area contributed by atoms with Gasteiger partial charge in [0.05, 0.1) is 18.4 Å². The monoisotopic (exact) mass is 259 g/mol. The minimum atomic E-state index is -0.336. The average molecular weight is 259 g/mol. The molecule has 0 saturated heterocycles. The molecular formula is C14H17N3O2. The molecule has 0 unspecified atom stereocenters. The number of nitrogen functional groups attached to an aromatic ring is 1. The lowest BCUT2D eigenvalue weighted by Crippen LogP contribution is -2.31. The SMILES string of the molecule is CN(Cc1ccccc1)Cc1occc1C(=O)NN. The Kier molecular flexibility index (Phi) is 4.33. The fourth-order valence-electron chi connectivity index (χ4n) is 1.94. The van der Waals surface area contributed by atoms with Crippen molar-refractivity contribution in [1.82, 2.24) is 10.3 Å². The zero-order valence-corrected chi connectivity index (χ0v) is 10.8. The van der Waals surface area contributed by atoms with E-state index in [1.54, 1.807) is 6.07 Å². The van der Waals surface area contributed by atoms with Crippen LogP contribution in [0.3, 0.4) is 0 Å². The van der Waals surface area contributed by atoms with Crippen molar-refractivity contribution in [2.24, 2.45) is 5.84 Å². The summed E-state index contributed by atoms with van der Waals surface area (Å²) in [5, 5.41) is 0. The van der Waals surface area contributed by atoms with Crippen molar-refractivity contribution in [3.63, 3.8) is 0 Å². The summed E-state index contributed by atoms with van der Waals surface area (Å²) in [6, 6.07) is 11.7. The van der Waals surface area contributed by atoms with Gasteiger partial charge >= 0.3 is 0 Å². The number of nitrogens with two attached hydrogens (primary N) is 1. The van der Waals surface area contributed by atoms with Crippen molar-refractivity contribution in [3.8, 4) is 0 Å². The molecule has 2 rings (SSSR count). The van der Waals surface area contributed by atoms with E-state index in [0.29, 0.717) is 17.9 Å². The smallest absolute Gasteiger partial charge is 0.268 e. The summed E-state index contributed by atoms with van der Waals surface area (Å²) in [6.45, 7) is 1.33. The summed E-state index contributed by atoms with van der Waals surface area (Å²) in [5.74, 6) is 5.41. The van der Waals surface area contributed by atoms with Gasteiger partial charge in [-0.25, -0.2) is 5.84 Å². The lowest BCUT2D eigenvalue weighted by Gasteiger charge is -2.15. The fourth-order valence-corrected chi connectivity index (χ4v) is 1.94. The molecule has 0 radical (unpaired) electrons. The Bertz CT molecular complexity index is 537. The van der Waals surface area contributed by atoms with Gasteiger partial charge in [-0.3, -0.25) is 15.1 Å². The van der Waals surface area contributed by atoms with Gasteiger partial charge in [0.15, 0.2) is 0 Å². The molecule has 0 aliphatic rings. The number of furan rings is 1. The van der Waals surface area contributed by atoms with E-state index in [1.807, 2.05) is 25.2 Å². The molecule has 0 atom stereocenters. The van der Waals surface area contributed by atoms with Crippen LogP contribution in [-0.2, 0) is 13.1 Å². The molecule has 0 bridgehead atoms. The number of nitrogens with zero attached hydrogens (tertiary/aromatic N) is 1. The zero-order chi connectivity index (χ0) is 13.7. The molecule has 0 aliphatic heterocycles. The number of carbonyl (C=O) groups excluding carboxylic acids is 1. The van der Waals surface area contributed by atoms with E-state index in [9.17, 15) is 4.79 Å². The first-order valence-corrected chi connectivity index (χ1v) is 6.00. The maximum Gasteiger partial charge on any atom is 0.268 e. The first-order chi connectivity index (χ1) is 9.20. The van der Waals surface area contributed by atoms with Crippen LogP contribution in [0.15, 0.2) is 47.1 Å². The van der Waals surface area contributed by atoms with E-state index >= 15 is 0 Å². The molecule has 1 amide bonds. The van der Waals surface area contributed by atoms with Crippen LogP contribution >= 0.6 is 0 Å². The number of hydrazine groups is 1. The first-order valence-electron chi connectivity index (χ1n) is 6.00. The number of carbonyl (C=O) groups is 1. The molecule has 5 heteroatoms. The Morgan fingerprint density at radius 3 is 2.68 bits per heavy atom. The van der Waals surface area contributed by atoms with Crippen molar-refractivity contribution in [3.05, 3.63) is 59.5 Å². The van der Waals surface area contributed by atoms with Crippen LogP contribution in [0.25, 0.3) is 0 Å². The molecule has 5 nitrogen and oxygen atoms in total. The van der Waals surface area contributed by atoms with E-state index < -0.39 is 0 Å². The second-order valence-electron chi connectivity index (χ2n) is 4.39. The number of hydrogen-bond donors (Lipinski definition) is 2. The summed E-state index contributed by atoms with van der Waals surface area (Å²) in [6.07, 6.45) is 1.50. The topological polar surface area (TPSA) is 71.5 Å². The van der Waals surface area contributed by atoms with Gasteiger partial charge in [-0.1, -0.05) is 30.3 Å². The zero-order valence-electron chi connectivity index (χ0n) is 10.8. The largest absolute Gasteiger partial charge is 0.467 e. The fraction of sp³-hybridized carbons (Fsp3) is 0.214. The molecule has 1 aromatic carbocycles. The van der Waals surface area contributed by atoms with Gasteiger partial charge in [0.2, 0.25) is 0 Å². The highest BCUT2D eigenvalue weighted by Gasteiger charge is 2.15. The third-order valence-corrected chi connectivity index (χ3v) is 2.83. The Morgan fingerprint density at radius 1 is 1.26 bits per heavy atom. The Hall–Kier alpha value is -2.11. The van der Waals surface area contributed by atoms with E-state index in [1.165, 1.54) is 11.8 Å². The second kappa shape index (κ2) is 6.17. The van der Waals surface area contributed by atoms with E-state index in [4.69, 9.17) is 10.3 Å². The number of rotatable bonds is 5. The highest BCUT2D eigenvalue weighted by molar-refractivity contribution is 5.94. The van der Waals surface area contributed by atoms with Gasteiger partial charge in [0.25, 0.3) is 5.91 Å². The molecule has 2 aromatic rings. The quantitative estimate of drug-likeness (QED) is 0.485. The maximum atomic E-state index is 11.5. The lowest BCUT2D eigenvalue weighted by molar-refractivity contribution is 0.0950. The van der Waals surface area contributed by atoms with Crippen LogP contribution in [0.1, 0.15) is 21.7 Å². The Balaban J connectivity index is 2.01. The van der Waals surface area contributed by atoms with E-state index in [-0.39, 0.29) is 5.91 Å². The molecule has 0 spiro atoms. The van der Waals surface area contributed by atoms with Crippen LogP contribution in [0.2, 0.25) is 0 Å². The van der Waals surface area contributed by atoms with Crippen LogP contribution < -0.4 is 11.3 Å². The van der Waals surface area contributed by atoms with Gasteiger partial charge < -0.3 is 4.42 Å². The molecule has 0 aliphatic carbocycles. The molecule has 1 heterocycles. The summed E-state index contributed by atoms with van der Waals surface area (Å²) >= 11 is 0. The molecule has 100 valence electrons. The van der Waals surface area contributed by atoms with Gasteiger partial charge in [0, 0.05) is 6.54 Å². The van der Waals surface area contributed by atoms with Gasteiger partial charge in [-0.15, -0.1) is 0 Å². The standard InChI is InChI=1S/C14H17N3O2/c1-17(9-11-5-3-2-4-6-11)10-13-12(7-8-19-13)14(18)16-15/h2-8H,9-10,15H2,1H3,(H,16,18). The van der Waals surface area contributed by atoms with Gasteiger partial charge in [0.1, 0.15) is 5.76 Å². The molecule has 0 fully saturated rings. The first kappa shape index (κ1) is 13.3. The highest BCUT2D eigenvalue weighted by atomic mass is 16.3. The van der Waals surface area contributed by atoms with Crippen LogP contribution in [-0.4, -0.2) is 17.9 Å². The number of benzene rings is 1. The maximum absolute atomic E-state index is 11.5. The third kappa shape index (κ3) is 3.43. The van der Waals surface area contributed by atoms with Crippen LogP contribution in [0, 0.1) is 0 Å². The predicted molar refractivity (Wildman–Crippen MR) is 72.0 cm³/mol. The minimum absolute atomic E-state index is 0.336. The number of amides is 1. The highest BCUT2D eigenvalue weighted by Crippen LogP contribution is 2.14. The molecule has 19 heavy (non-hydrogen) atoms. The van der Waals surface area contributed by atoms with Crippen LogP contribution in [0.5, 0.6) is 0 Å². The average Bonchev–Trinajstić information content (AvgIpc) is 2.87. The van der Waals surface area contributed by atoms with Gasteiger partial charge in [-0.2, -0.15) is 0 Å². The molecular weight excluding hydrogens is 242 g/mol. The van der Waals surface area contributed by atoms with Crippen molar-refractivity contribution < 1.29 is 9.21 Å². The number of nitrogens with one attached hydrogen (secondary N) is 1. The van der Waals surface area contributed by atoms with E-state index in [0.717, 1.165) is 6.54 Å². The summed E-state index contributed by atoms with van der Waals surface area (Å²) in [4.78, 5) is 13.6. The van der Waals surface area contributed by atoms with Crippen molar-refractivity contribution >= 4 is 5.91 Å². The van der Waals surface area contributed by atoms with Gasteiger partial charge in [-0.05, 0) is 18.7 Å². The summed E-state index contributed by atoms with van der Waals surface area (Å²) < 4.78 is 5.34. The second-order valence-corrected chi connectivity index (χ2v) is 4.39.